The van der Waals surface area contributed by atoms with Gasteiger partial charge in [0.1, 0.15) is 0 Å². The number of para-hydroxylation sites is 1. The average molecular weight is 442 g/mol. The summed E-state index contributed by atoms with van der Waals surface area (Å²) in [5, 5.41) is 2.79. The maximum atomic E-state index is 12.6. The molecule has 166 valence electrons. The van der Waals surface area contributed by atoms with Crippen LogP contribution in [0.15, 0.2) is 84.9 Å². The highest BCUT2D eigenvalue weighted by atomic mass is 16.5. The molecule has 0 radical (unpaired) electrons. The first-order chi connectivity index (χ1) is 16.0. The Morgan fingerprint density at radius 3 is 2.15 bits per heavy atom. The van der Waals surface area contributed by atoms with Crippen LogP contribution in [0.25, 0.3) is 0 Å². The zero-order chi connectivity index (χ0) is 23.2. The minimum Gasteiger partial charge on any atom is -0.454 e. The third-order valence-corrected chi connectivity index (χ3v) is 5.38. The predicted octanol–water partition coefficient (Wildman–Crippen LogP) is 3.72. The number of ether oxygens (including phenoxy) is 1. The van der Waals surface area contributed by atoms with E-state index in [1.54, 1.807) is 47.4 Å². The van der Waals surface area contributed by atoms with E-state index >= 15 is 0 Å². The van der Waals surface area contributed by atoms with Crippen molar-refractivity contribution in [2.24, 2.45) is 5.92 Å². The molecule has 7 nitrogen and oxygen atoms in total. The molecule has 0 unspecified atom stereocenters. The number of carbonyl (C=O) groups is 4. The number of Topliss-reactive ketones (excluding diaryl/α,β-unsaturated/α-hetero) is 1. The average Bonchev–Trinajstić information content (AvgIpc) is 3.25. The van der Waals surface area contributed by atoms with Gasteiger partial charge in [-0.05, 0) is 36.4 Å². The van der Waals surface area contributed by atoms with Gasteiger partial charge >= 0.3 is 5.97 Å². The molecule has 0 aromatic heterocycles. The van der Waals surface area contributed by atoms with Crippen molar-refractivity contribution in [3.05, 3.63) is 96.1 Å². The number of nitrogens with one attached hydrogen (secondary N) is 1. The molecule has 1 aliphatic heterocycles. The summed E-state index contributed by atoms with van der Waals surface area (Å²) in [6, 6.07) is 24.0. The molecule has 0 saturated carbocycles. The van der Waals surface area contributed by atoms with Gasteiger partial charge < -0.3 is 15.0 Å². The fourth-order valence-corrected chi connectivity index (χ4v) is 3.60. The zero-order valence-corrected chi connectivity index (χ0v) is 17.8. The molecule has 2 amide bonds. The highest BCUT2D eigenvalue weighted by Gasteiger charge is 2.35. The molecule has 3 aromatic carbocycles. The molecule has 0 bridgehead atoms. The third-order valence-electron chi connectivity index (χ3n) is 5.38. The minimum absolute atomic E-state index is 0.0931. The van der Waals surface area contributed by atoms with E-state index in [4.69, 9.17) is 4.74 Å². The van der Waals surface area contributed by atoms with E-state index in [2.05, 4.69) is 5.32 Å². The standard InChI is InChI=1S/C26H22N2O5/c29-23(18-7-3-1-4-8-18)17-33-26(32)19-11-13-21(14-12-19)27-25(31)20-15-24(30)28(16-20)22-9-5-2-6-10-22/h1-14,20H,15-17H2,(H,27,31)/t20-/m1/s1. The van der Waals surface area contributed by atoms with Gasteiger partial charge in [-0.1, -0.05) is 48.5 Å². The summed E-state index contributed by atoms with van der Waals surface area (Å²) in [7, 11) is 0. The lowest BCUT2D eigenvalue weighted by Crippen LogP contribution is -2.28. The Morgan fingerprint density at radius 2 is 1.48 bits per heavy atom. The SMILES string of the molecule is O=C(COC(=O)c1ccc(NC(=O)[C@@H]2CC(=O)N(c3ccccc3)C2)cc1)c1ccccc1. The molecule has 1 saturated heterocycles. The monoisotopic (exact) mass is 442 g/mol. The summed E-state index contributed by atoms with van der Waals surface area (Å²) in [4.78, 5) is 50.9. The molecule has 0 spiro atoms. The van der Waals surface area contributed by atoms with Gasteiger partial charge in [0.25, 0.3) is 0 Å². The molecule has 0 aliphatic carbocycles. The molecule has 33 heavy (non-hydrogen) atoms. The smallest absolute Gasteiger partial charge is 0.338 e. The van der Waals surface area contributed by atoms with Crippen molar-refractivity contribution in [3.63, 3.8) is 0 Å². The summed E-state index contributed by atoms with van der Waals surface area (Å²) < 4.78 is 5.09. The first kappa shape index (κ1) is 22.0. The fourth-order valence-electron chi connectivity index (χ4n) is 3.60. The van der Waals surface area contributed by atoms with Crippen LogP contribution in [-0.4, -0.2) is 36.7 Å². The van der Waals surface area contributed by atoms with Crippen LogP contribution >= 0.6 is 0 Å². The Morgan fingerprint density at radius 1 is 0.848 bits per heavy atom. The van der Waals surface area contributed by atoms with Crippen LogP contribution in [0.2, 0.25) is 0 Å². The molecule has 1 fully saturated rings. The lowest BCUT2D eigenvalue weighted by Gasteiger charge is -2.16. The van der Waals surface area contributed by atoms with Crippen LogP contribution in [0.4, 0.5) is 11.4 Å². The molecule has 3 aromatic rings. The molecule has 1 atom stereocenters. The minimum atomic E-state index is -0.628. The molecule has 1 aliphatic rings. The number of ketones is 1. The molecular weight excluding hydrogens is 420 g/mol. The lowest BCUT2D eigenvalue weighted by molar-refractivity contribution is -0.122. The van der Waals surface area contributed by atoms with Gasteiger partial charge in [-0.25, -0.2) is 4.79 Å². The topological polar surface area (TPSA) is 92.8 Å². The highest BCUT2D eigenvalue weighted by molar-refractivity contribution is 6.04. The zero-order valence-electron chi connectivity index (χ0n) is 17.8. The van der Waals surface area contributed by atoms with Crippen molar-refractivity contribution in [2.45, 2.75) is 6.42 Å². The van der Waals surface area contributed by atoms with E-state index in [1.165, 1.54) is 12.1 Å². The van der Waals surface area contributed by atoms with E-state index in [0.29, 0.717) is 17.8 Å². The maximum absolute atomic E-state index is 12.6. The van der Waals surface area contributed by atoms with E-state index < -0.39 is 11.9 Å². The number of esters is 1. The largest absolute Gasteiger partial charge is 0.454 e. The fraction of sp³-hybridized carbons (Fsp3) is 0.154. The summed E-state index contributed by atoms with van der Waals surface area (Å²) in [5.41, 5.74) is 2.01. The van der Waals surface area contributed by atoms with Gasteiger partial charge in [-0.15, -0.1) is 0 Å². The molecule has 1 N–H and O–H groups in total. The Bertz CT molecular complexity index is 1160. The Kier molecular flexibility index (Phi) is 6.59. The number of hydrogen-bond acceptors (Lipinski definition) is 5. The number of nitrogens with zero attached hydrogens (tertiary/aromatic N) is 1. The van der Waals surface area contributed by atoms with Crippen LogP contribution < -0.4 is 10.2 Å². The first-order valence-corrected chi connectivity index (χ1v) is 10.5. The lowest BCUT2D eigenvalue weighted by atomic mass is 10.1. The van der Waals surface area contributed by atoms with Crippen LogP contribution in [-0.2, 0) is 14.3 Å². The van der Waals surface area contributed by atoms with Crippen molar-refractivity contribution >= 4 is 34.9 Å². The number of hydrogen-bond donors (Lipinski definition) is 1. The van der Waals surface area contributed by atoms with Gasteiger partial charge in [-0.2, -0.15) is 0 Å². The van der Waals surface area contributed by atoms with E-state index in [0.717, 1.165) is 5.69 Å². The number of benzene rings is 3. The Labute approximate surface area is 191 Å². The third kappa shape index (κ3) is 5.33. The second-order valence-electron chi connectivity index (χ2n) is 7.67. The second-order valence-corrected chi connectivity index (χ2v) is 7.67. The van der Waals surface area contributed by atoms with Gasteiger partial charge in [0.05, 0.1) is 11.5 Å². The molecule has 4 rings (SSSR count). The van der Waals surface area contributed by atoms with Gasteiger partial charge in [0, 0.05) is 29.9 Å². The number of anilines is 2. The summed E-state index contributed by atoms with van der Waals surface area (Å²) >= 11 is 0. The normalized spacial score (nSPS) is 15.2. The molecule has 1 heterocycles. The van der Waals surface area contributed by atoms with E-state index in [-0.39, 0.29) is 36.2 Å². The first-order valence-electron chi connectivity index (χ1n) is 10.5. The van der Waals surface area contributed by atoms with Crippen molar-refractivity contribution in [2.75, 3.05) is 23.4 Å². The molecule has 7 heteroatoms. The van der Waals surface area contributed by atoms with E-state index in [9.17, 15) is 19.2 Å². The van der Waals surface area contributed by atoms with Crippen molar-refractivity contribution in [1.82, 2.24) is 0 Å². The van der Waals surface area contributed by atoms with E-state index in [1.807, 2.05) is 30.3 Å². The predicted molar refractivity (Wildman–Crippen MR) is 123 cm³/mol. The van der Waals surface area contributed by atoms with Crippen molar-refractivity contribution in [3.8, 4) is 0 Å². The second kappa shape index (κ2) is 9.91. The number of carbonyl (C=O) groups excluding carboxylic acids is 4. The summed E-state index contributed by atoms with van der Waals surface area (Å²) in [6.07, 6.45) is 0.139. The van der Waals surface area contributed by atoms with Crippen LogP contribution in [0.1, 0.15) is 27.1 Å². The van der Waals surface area contributed by atoms with Crippen LogP contribution in [0.5, 0.6) is 0 Å². The maximum Gasteiger partial charge on any atom is 0.338 e. The van der Waals surface area contributed by atoms with Gasteiger partial charge in [-0.3, -0.25) is 14.4 Å². The van der Waals surface area contributed by atoms with Crippen LogP contribution in [0.3, 0.4) is 0 Å². The van der Waals surface area contributed by atoms with Crippen molar-refractivity contribution in [1.29, 1.82) is 0 Å². The summed E-state index contributed by atoms with van der Waals surface area (Å²) in [6.45, 7) is -0.0382. The quantitative estimate of drug-likeness (QED) is 0.445. The van der Waals surface area contributed by atoms with Gasteiger partial charge in [0.2, 0.25) is 11.8 Å². The van der Waals surface area contributed by atoms with Gasteiger partial charge in [0.15, 0.2) is 12.4 Å². The Hall–Kier alpha value is -4.26. The number of rotatable bonds is 7. The highest BCUT2D eigenvalue weighted by Crippen LogP contribution is 2.26. The van der Waals surface area contributed by atoms with Crippen LogP contribution in [0, 0.1) is 5.92 Å². The molecular formula is C26H22N2O5. The Balaban J connectivity index is 1.30. The number of amides is 2. The van der Waals surface area contributed by atoms with Crippen molar-refractivity contribution < 1.29 is 23.9 Å². The summed E-state index contributed by atoms with van der Waals surface area (Å²) in [5.74, 6) is -1.73.